The van der Waals surface area contributed by atoms with Crippen LogP contribution < -0.4 is 24.8 Å². The van der Waals surface area contributed by atoms with Crippen molar-refractivity contribution in [2.75, 3.05) is 20.6 Å². The van der Waals surface area contributed by atoms with E-state index in [0.29, 0.717) is 5.92 Å². The van der Waals surface area contributed by atoms with Gasteiger partial charge in [0, 0.05) is 12.5 Å². The molecule has 1 aliphatic rings. The molecule has 1 N–H and O–H groups in total. The van der Waals surface area contributed by atoms with Crippen LogP contribution in [0.3, 0.4) is 0 Å². The average Bonchev–Trinajstić information content (AvgIpc) is 2.76. The van der Waals surface area contributed by atoms with Gasteiger partial charge in [0.05, 0.1) is 6.10 Å². The van der Waals surface area contributed by atoms with Crippen LogP contribution in [0.25, 0.3) is 0 Å². The van der Waals surface area contributed by atoms with E-state index in [-0.39, 0.29) is 46.5 Å². The maximum absolute atomic E-state index is 9.88. The molecule has 21 heavy (non-hydrogen) atoms. The summed E-state index contributed by atoms with van der Waals surface area (Å²) in [7, 11) is 4.16. The van der Waals surface area contributed by atoms with E-state index in [1.165, 1.54) is 11.1 Å². The predicted octanol–water partition coefficient (Wildman–Crippen LogP) is -3.11. The van der Waals surface area contributed by atoms with Crippen LogP contribution in [0, 0.1) is 0 Å². The second-order valence-corrected chi connectivity index (χ2v) is 5.15. The zero-order chi connectivity index (χ0) is 13.1. The summed E-state index contributed by atoms with van der Waals surface area (Å²) < 4.78 is 0. The van der Waals surface area contributed by atoms with E-state index in [4.69, 9.17) is 0 Å². The van der Waals surface area contributed by atoms with Crippen LogP contribution in [0.1, 0.15) is 30.1 Å². The Labute approximate surface area is 155 Å². The Kier molecular flexibility index (Phi) is 11.7. The summed E-state index contributed by atoms with van der Waals surface area (Å²) in [5, 5.41) is 9.88. The third-order valence-corrected chi connectivity index (χ3v) is 3.29. The number of aliphatic hydroxyl groups excluding tert-OH is 1. The number of benzene rings is 1. The van der Waals surface area contributed by atoms with Gasteiger partial charge in [-0.1, -0.05) is 42.5 Å². The first-order chi connectivity index (χ1) is 8.59. The van der Waals surface area contributed by atoms with E-state index < -0.39 is 6.10 Å². The molecule has 1 aromatic carbocycles. The molecule has 0 saturated carbocycles. The van der Waals surface area contributed by atoms with Crippen LogP contribution in [0.4, 0.5) is 0 Å². The van der Waals surface area contributed by atoms with Crippen molar-refractivity contribution in [2.24, 2.45) is 0 Å². The molecule has 0 radical (unpaired) electrons. The second kappa shape index (κ2) is 10.6. The van der Waals surface area contributed by atoms with Crippen molar-refractivity contribution in [3.63, 3.8) is 0 Å². The molecule has 0 heterocycles. The fraction of sp³-hybridized carbons (Fsp3) is 0.375. The normalized spacial score (nSPS) is 17.4. The topological polar surface area (TPSA) is 23.5 Å². The summed E-state index contributed by atoms with van der Waals surface area (Å²) in [5.41, 5.74) is 3.63. The van der Waals surface area contributed by atoms with Crippen LogP contribution in [-0.4, -0.2) is 30.6 Å². The van der Waals surface area contributed by atoms with Crippen molar-refractivity contribution in [2.45, 2.75) is 18.9 Å². The van der Waals surface area contributed by atoms with Gasteiger partial charge >= 0.3 is 21.7 Å². The number of nitrogens with zero attached hydrogens (tertiary/aromatic N) is 1. The van der Waals surface area contributed by atoms with Crippen LogP contribution >= 0.6 is 0 Å². The molecule has 0 aromatic heterocycles. The van der Waals surface area contributed by atoms with Crippen molar-refractivity contribution >= 4 is 0 Å². The Morgan fingerprint density at radius 2 is 1.81 bits per heavy atom. The Bertz CT molecular complexity index is 487. The molecule has 114 valence electrons. The van der Waals surface area contributed by atoms with E-state index in [1.807, 2.05) is 25.1 Å². The van der Waals surface area contributed by atoms with Gasteiger partial charge in [-0.3, -0.25) is 0 Å². The van der Waals surface area contributed by atoms with Gasteiger partial charge in [0.2, 0.25) is 0 Å². The number of allylic oxidation sites excluding steroid dienone is 3. The van der Waals surface area contributed by atoms with Crippen LogP contribution in [0.2, 0.25) is 0 Å². The smallest absolute Gasteiger partial charge is 1.00 e. The van der Waals surface area contributed by atoms with Gasteiger partial charge < -0.3 is 34.8 Å². The summed E-state index contributed by atoms with van der Waals surface area (Å²) in [5.74, 6) is 0.304. The number of rotatable bonds is 4. The Morgan fingerprint density at radius 3 is 2.38 bits per heavy atom. The van der Waals surface area contributed by atoms with Gasteiger partial charge in [0.1, 0.15) is 0 Å². The second-order valence-electron chi connectivity index (χ2n) is 5.15. The molecule has 0 fully saturated rings. The van der Waals surface area contributed by atoms with Crippen molar-refractivity contribution in [3.8, 4) is 0 Å². The van der Waals surface area contributed by atoms with Gasteiger partial charge in [0.15, 0.2) is 0 Å². The van der Waals surface area contributed by atoms with Crippen LogP contribution in [0.5, 0.6) is 0 Å². The first-order valence-corrected chi connectivity index (χ1v) is 6.38. The minimum absolute atomic E-state index is 0. The maximum atomic E-state index is 9.88. The minimum atomic E-state index is -0.421. The maximum Gasteiger partial charge on any atom is 2.00 e. The fourth-order valence-corrected chi connectivity index (χ4v) is 2.51. The SMILES string of the molecule is CC(O)c1ccccc1C1C=CC=C1CN(C)C.[Cl-].[Cl-].[Ti+2]. The zero-order valence-electron chi connectivity index (χ0n) is 12.6. The first kappa shape index (κ1) is 23.2. The summed E-state index contributed by atoms with van der Waals surface area (Å²) in [6, 6.07) is 8.16. The Morgan fingerprint density at radius 1 is 1.19 bits per heavy atom. The molecular weight excluding hydrogens is 341 g/mol. The molecule has 2 unspecified atom stereocenters. The molecule has 0 amide bonds. The molecule has 0 bridgehead atoms. The van der Waals surface area contributed by atoms with Gasteiger partial charge in [-0.15, -0.1) is 0 Å². The Balaban J connectivity index is 0. The van der Waals surface area contributed by atoms with E-state index >= 15 is 0 Å². The summed E-state index contributed by atoms with van der Waals surface area (Å²) in [6.45, 7) is 2.78. The summed E-state index contributed by atoms with van der Waals surface area (Å²) in [4.78, 5) is 2.18. The number of hydrogen-bond donors (Lipinski definition) is 1. The van der Waals surface area contributed by atoms with Gasteiger partial charge in [0.25, 0.3) is 0 Å². The quantitative estimate of drug-likeness (QED) is 0.574. The van der Waals surface area contributed by atoms with Crippen molar-refractivity contribution in [1.29, 1.82) is 0 Å². The standard InChI is InChI=1S/C16H21NO.2ClH.Ti/c1-12(18)14-8-4-5-9-16(14)15-10-6-7-13(15)11-17(2)3;;;/h4-10,12,15,18H,11H2,1-3H3;2*1H;/q;;;+2/p-2. The average molecular weight is 362 g/mol. The van der Waals surface area contributed by atoms with Crippen molar-refractivity contribution in [3.05, 3.63) is 59.2 Å². The van der Waals surface area contributed by atoms with E-state index in [9.17, 15) is 5.11 Å². The molecule has 0 spiro atoms. The van der Waals surface area contributed by atoms with Gasteiger partial charge in [-0.25, -0.2) is 0 Å². The molecule has 0 saturated heterocycles. The molecule has 1 aromatic rings. The fourth-order valence-electron chi connectivity index (χ4n) is 2.51. The third-order valence-electron chi connectivity index (χ3n) is 3.29. The van der Waals surface area contributed by atoms with E-state index in [0.717, 1.165) is 12.1 Å². The van der Waals surface area contributed by atoms with Crippen molar-refractivity contribution in [1.82, 2.24) is 4.90 Å². The molecule has 2 rings (SSSR count). The van der Waals surface area contributed by atoms with Crippen LogP contribution in [-0.2, 0) is 21.7 Å². The molecule has 0 aliphatic heterocycles. The molecule has 2 nitrogen and oxygen atoms in total. The number of likely N-dealkylation sites (N-methyl/N-ethyl adjacent to an activating group) is 1. The predicted molar refractivity (Wildman–Crippen MR) is 75.6 cm³/mol. The summed E-state index contributed by atoms with van der Waals surface area (Å²) in [6.07, 6.45) is 6.09. The number of aliphatic hydroxyl groups is 1. The molecule has 5 heteroatoms. The Hall–Kier alpha value is -0.0857. The molecule has 1 aliphatic carbocycles. The number of halogens is 2. The number of hydrogen-bond acceptors (Lipinski definition) is 2. The third kappa shape index (κ3) is 5.90. The van der Waals surface area contributed by atoms with Gasteiger partial charge in [-0.05, 0) is 37.7 Å². The monoisotopic (exact) mass is 361 g/mol. The van der Waals surface area contributed by atoms with Gasteiger partial charge in [-0.2, -0.15) is 0 Å². The minimum Gasteiger partial charge on any atom is -1.00 e. The molecule has 2 atom stereocenters. The largest absolute Gasteiger partial charge is 2.00 e. The zero-order valence-corrected chi connectivity index (χ0v) is 15.6. The summed E-state index contributed by atoms with van der Waals surface area (Å²) >= 11 is 0. The van der Waals surface area contributed by atoms with Crippen molar-refractivity contribution < 1.29 is 51.6 Å². The van der Waals surface area contributed by atoms with E-state index in [1.54, 1.807) is 0 Å². The van der Waals surface area contributed by atoms with Crippen LogP contribution in [0.15, 0.2) is 48.1 Å². The molecular formula is C16H21Cl2NOTi. The first-order valence-electron chi connectivity index (χ1n) is 6.38. The van der Waals surface area contributed by atoms with E-state index in [2.05, 4.69) is 43.3 Å².